The molecular weight excluding hydrogens is 413 g/mol. The minimum absolute atomic E-state index is 0.0420. The fraction of sp³-hybridized carbons (Fsp3) is 0.429. The number of piperidine rings is 1. The molecule has 0 aliphatic carbocycles. The van der Waals surface area contributed by atoms with E-state index in [0.717, 1.165) is 38.2 Å². The highest BCUT2D eigenvalue weighted by Gasteiger charge is 2.26. The third kappa shape index (κ3) is 4.94. The number of ether oxygens (including phenoxy) is 2. The zero-order chi connectivity index (χ0) is 20.2. The van der Waals surface area contributed by atoms with Crippen LogP contribution in [-0.2, 0) is 0 Å². The minimum atomic E-state index is -0.0460. The maximum absolute atomic E-state index is 12.6. The van der Waals surface area contributed by atoms with Gasteiger partial charge in [-0.25, -0.2) is 4.98 Å². The Labute approximate surface area is 180 Å². The van der Waals surface area contributed by atoms with Gasteiger partial charge in [0.15, 0.2) is 11.5 Å². The lowest BCUT2D eigenvalue weighted by Gasteiger charge is -2.33. The van der Waals surface area contributed by atoms with Crippen molar-refractivity contribution in [3.8, 4) is 11.5 Å². The molecule has 1 aromatic heterocycles. The molecule has 154 valence electrons. The normalized spacial score (nSPS) is 19.2. The lowest BCUT2D eigenvalue weighted by atomic mass is 9.96. The van der Waals surface area contributed by atoms with Crippen LogP contribution in [0.3, 0.4) is 0 Å². The fourth-order valence-corrected chi connectivity index (χ4v) is 4.06. The SMILES string of the molecule is O=C(c1cccnc1Cl)N1CCC(CNC[C@H]2COc3ccc(Cl)cc3O2)CC1. The van der Waals surface area contributed by atoms with E-state index in [-0.39, 0.29) is 17.2 Å². The molecule has 2 aliphatic rings. The fourth-order valence-electron chi connectivity index (χ4n) is 3.69. The number of amides is 1. The van der Waals surface area contributed by atoms with Gasteiger partial charge >= 0.3 is 0 Å². The smallest absolute Gasteiger partial charge is 0.256 e. The van der Waals surface area contributed by atoms with E-state index in [9.17, 15) is 4.79 Å². The molecule has 1 atom stereocenters. The van der Waals surface area contributed by atoms with E-state index in [0.29, 0.717) is 35.4 Å². The highest BCUT2D eigenvalue weighted by atomic mass is 35.5. The Balaban J connectivity index is 1.20. The van der Waals surface area contributed by atoms with Gasteiger partial charge in [-0.05, 0) is 49.6 Å². The molecular formula is C21H23Cl2N3O3. The molecule has 2 aliphatic heterocycles. The second-order valence-electron chi connectivity index (χ2n) is 7.38. The molecule has 4 rings (SSSR count). The molecule has 2 aromatic rings. The molecule has 3 heterocycles. The van der Waals surface area contributed by atoms with Crippen LogP contribution in [0.4, 0.5) is 0 Å². The van der Waals surface area contributed by atoms with Gasteiger partial charge in [-0.15, -0.1) is 0 Å². The number of halogens is 2. The Kier molecular flexibility index (Phi) is 6.43. The van der Waals surface area contributed by atoms with E-state index >= 15 is 0 Å². The molecule has 0 unspecified atom stereocenters. The van der Waals surface area contributed by atoms with Gasteiger partial charge in [-0.1, -0.05) is 23.2 Å². The average Bonchev–Trinajstić information content (AvgIpc) is 2.74. The number of pyridine rings is 1. The Morgan fingerprint density at radius 2 is 2.00 bits per heavy atom. The van der Waals surface area contributed by atoms with Crippen LogP contribution in [0.25, 0.3) is 0 Å². The van der Waals surface area contributed by atoms with Crippen molar-refractivity contribution in [2.75, 3.05) is 32.8 Å². The van der Waals surface area contributed by atoms with Gasteiger partial charge in [0.05, 0.1) is 5.56 Å². The topological polar surface area (TPSA) is 63.7 Å². The molecule has 1 saturated heterocycles. The van der Waals surface area contributed by atoms with Crippen molar-refractivity contribution in [3.63, 3.8) is 0 Å². The molecule has 0 saturated carbocycles. The van der Waals surface area contributed by atoms with Crippen LogP contribution in [0.15, 0.2) is 36.5 Å². The van der Waals surface area contributed by atoms with Crippen LogP contribution in [0.1, 0.15) is 23.2 Å². The number of nitrogens with zero attached hydrogens (tertiary/aromatic N) is 2. The van der Waals surface area contributed by atoms with Gasteiger partial charge in [-0.3, -0.25) is 4.79 Å². The van der Waals surface area contributed by atoms with Crippen molar-refractivity contribution in [1.82, 2.24) is 15.2 Å². The number of rotatable bonds is 5. The van der Waals surface area contributed by atoms with Gasteiger partial charge in [0.2, 0.25) is 0 Å². The Hall–Kier alpha value is -2.02. The maximum atomic E-state index is 12.6. The van der Waals surface area contributed by atoms with E-state index in [2.05, 4.69) is 10.3 Å². The molecule has 8 heteroatoms. The zero-order valence-electron chi connectivity index (χ0n) is 15.9. The molecule has 1 fully saturated rings. The van der Waals surface area contributed by atoms with E-state index < -0.39 is 0 Å². The summed E-state index contributed by atoms with van der Waals surface area (Å²) in [7, 11) is 0. The molecule has 6 nitrogen and oxygen atoms in total. The first-order chi connectivity index (χ1) is 14.1. The largest absolute Gasteiger partial charge is 0.486 e. The number of hydrogen-bond donors (Lipinski definition) is 1. The third-order valence-corrected chi connectivity index (χ3v) is 5.86. The second-order valence-corrected chi connectivity index (χ2v) is 8.17. The van der Waals surface area contributed by atoms with E-state index in [1.165, 1.54) is 0 Å². The standard InChI is InChI=1S/C21H23Cl2N3O3/c22-15-3-4-18-19(10-15)29-16(13-28-18)12-24-11-14-5-8-26(9-6-14)21(27)17-2-1-7-25-20(17)23/h1-4,7,10,14,16,24H,5-6,8-9,11-13H2/t16-/m0/s1. The van der Waals surface area contributed by atoms with Crippen LogP contribution >= 0.6 is 23.2 Å². The number of likely N-dealkylation sites (tertiary alicyclic amines) is 1. The number of fused-ring (bicyclic) bond motifs is 1. The van der Waals surface area contributed by atoms with Gasteiger partial charge in [-0.2, -0.15) is 0 Å². The summed E-state index contributed by atoms with van der Waals surface area (Å²) in [6.07, 6.45) is 3.45. The van der Waals surface area contributed by atoms with Gasteiger partial charge in [0.25, 0.3) is 5.91 Å². The summed E-state index contributed by atoms with van der Waals surface area (Å²) >= 11 is 12.1. The first kappa shape index (κ1) is 20.3. The second kappa shape index (κ2) is 9.20. The Morgan fingerprint density at radius 3 is 2.79 bits per heavy atom. The van der Waals surface area contributed by atoms with Crippen molar-refractivity contribution >= 4 is 29.1 Å². The first-order valence-corrected chi connectivity index (χ1v) is 10.6. The molecule has 1 amide bonds. The molecule has 0 bridgehead atoms. The number of benzene rings is 1. The Morgan fingerprint density at radius 1 is 1.17 bits per heavy atom. The number of carbonyl (C=O) groups excluding carboxylic acids is 1. The molecule has 1 N–H and O–H groups in total. The van der Waals surface area contributed by atoms with Crippen molar-refractivity contribution in [1.29, 1.82) is 0 Å². The van der Waals surface area contributed by atoms with Crippen molar-refractivity contribution in [2.45, 2.75) is 18.9 Å². The summed E-state index contributed by atoms with van der Waals surface area (Å²) in [5.41, 5.74) is 0.473. The summed E-state index contributed by atoms with van der Waals surface area (Å²) in [6, 6.07) is 8.86. The van der Waals surface area contributed by atoms with Crippen LogP contribution in [0.5, 0.6) is 11.5 Å². The number of carbonyl (C=O) groups is 1. The zero-order valence-corrected chi connectivity index (χ0v) is 17.5. The van der Waals surface area contributed by atoms with E-state index in [4.69, 9.17) is 32.7 Å². The lowest BCUT2D eigenvalue weighted by molar-refractivity contribution is 0.0681. The lowest BCUT2D eigenvalue weighted by Crippen LogP contribution is -2.43. The number of hydrogen-bond acceptors (Lipinski definition) is 5. The predicted molar refractivity (Wildman–Crippen MR) is 112 cm³/mol. The molecule has 29 heavy (non-hydrogen) atoms. The van der Waals surface area contributed by atoms with Crippen LogP contribution < -0.4 is 14.8 Å². The van der Waals surface area contributed by atoms with Crippen LogP contribution in [0.2, 0.25) is 10.2 Å². The average molecular weight is 436 g/mol. The highest BCUT2D eigenvalue weighted by Crippen LogP contribution is 2.34. The number of aromatic nitrogens is 1. The molecule has 1 aromatic carbocycles. The monoisotopic (exact) mass is 435 g/mol. The third-order valence-electron chi connectivity index (χ3n) is 5.32. The quantitative estimate of drug-likeness (QED) is 0.725. The Bertz CT molecular complexity index is 872. The van der Waals surface area contributed by atoms with Gasteiger partial charge < -0.3 is 19.7 Å². The minimum Gasteiger partial charge on any atom is -0.486 e. The summed E-state index contributed by atoms with van der Waals surface area (Å²) in [5.74, 6) is 1.90. The summed E-state index contributed by atoms with van der Waals surface area (Å²) in [4.78, 5) is 18.5. The maximum Gasteiger partial charge on any atom is 0.256 e. The highest BCUT2D eigenvalue weighted by molar-refractivity contribution is 6.32. The first-order valence-electron chi connectivity index (χ1n) is 9.79. The van der Waals surface area contributed by atoms with Crippen LogP contribution in [0, 0.1) is 5.92 Å². The van der Waals surface area contributed by atoms with Crippen molar-refractivity contribution < 1.29 is 14.3 Å². The summed E-state index contributed by atoms with van der Waals surface area (Å²) in [6.45, 7) is 3.56. The van der Waals surface area contributed by atoms with Crippen molar-refractivity contribution in [2.24, 2.45) is 5.92 Å². The molecule has 0 radical (unpaired) electrons. The summed E-state index contributed by atoms with van der Waals surface area (Å²) < 4.78 is 11.7. The van der Waals surface area contributed by atoms with Gasteiger partial charge in [0, 0.05) is 36.9 Å². The van der Waals surface area contributed by atoms with E-state index in [1.807, 2.05) is 11.0 Å². The van der Waals surface area contributed by atoms with Crippen molar-refractivity contribution in [3.05, 3.63) is 52.3 Å². The predicted octanol–water partition coefficient (Wildman–Crippen LogP) is 3.67. The van der Waals surface area contributed by atoms with E-state index in [1.54, 1.807) is 30.5 Å². The molecule has 0 spiro atoms. The summed E-state index contributed by atoms with van der Waals surface area (Å²) in [5, 5.41) is 4.38. The van der Waals surface area contributed by atoms with Gasteiger partial charge in [0.1, 0.15) is 17.9 Å². The van der Waals surface area contributed by atoms with Crippen LogP contribution in [-0.4, -0.2) is 54.7 Å². The number of nitrogens with one attached hydrogen (secondary N) is 1.